The van der Waals surface area contributed by atoms with Crippen molar-refractivity contribution in [2.24, 2.45) is 0 Å². The molecule has 0 fully saturated rings. The molecular weight excluding hydrogens is 248 g/mol. The van der Waals surface area contributed by atoms with Gasteiger partial charge in [0.15, 0.2) is 0 Å². The van der Waals surface area contributed by atoms with Gasteiger partial charge in [-0.05, 0) is 33.6 Å². The summed E-state index contributed by atoms with van der Waals surface area (Å²) in [6.07, 6.45) is 3.23. The molecule has 0 radical (unpaired) electrons. The van der Waals surface area contributed by atoms with Crippen molar-refractivity contribution in [3.8, 4) is 0 Å². The van der Waals surface area contributed by atoms with E-state index in [-0.39, 0.29) is 12.5 Å². The van der Waals surface area contributed by atoms with Crippen LogP contribution in [-0.2, 0) is 9.53 Å². The van der Waals surface area contributed by atoms with Gasteiger partial charge in [0.1, 0.15) is 5.60 Å². The molecule has 0 spiro atoms. The first-order valence-electron chi connectivity index (χ1n) is 6.40. The average Bonchev–Trinajstić information content (AvgIpc) is 2.34. The quantitative estimate of drug-likeness (QED) is 0.466. The van der Waals surface area contributed by atoms with E-state index in [0.29, 0.717) is 19.5 Å². The average molecular weight is 270 g/mol. The topological polar surface area (TPSA) is 78.9 Å². The number of hydrogen-bond acceptors (Lipinski definition) is 4. The standard InChI is InChI=1S/C13H22N2O4/c1-13(2,3)19-12(17)15-8-6-10(7-9-15)4-5-11(16)14-18/h6,18H,4-5,7-9H2,1-3H3,(H,14,16). The summed E-state index contributed by atoms with van der Waals surface area (Å²) in [4.78, 5) is 24.4. The molecule has 0 unspecified atom stereocenters. The lowest BCUT2D eigenvalue weighted by molar-refractivity contribution is -0.129. The fraction of sp³-hybridized carbons (Fsp3) is 0.692. The number of hydroxylamine groups is 1. The summed E-state index contributed by atoms with van der Waals surface area (Å²) < 4.78 is 5.29. The van der Waals surface area contributed by atoms with E-state index >= 15 is 0 Å². The van der Waals surface area contributed by atoms with Gasteiger partial charge in [-0.3, -0.25) is 10.0 Å². The van der Waals surface area contributed by atoms with Crippen molar-refractivity contribution < 1.29 is 19.5 Å². The third kappa shape index (κ3) is 5.74. The largest absolute Gasteiger partial charge is 0.444 e. The summed E-state index contributed by atoms with van der Waals surface area (Å²) in [6, 6.07) is 0. The number of nitrogens with zero attached hydrogens (tertiary/aromatic N) is 1. The van der Waals surface area contributed by atoms with E-state index in [2.05, 4.69) is 0 Å². The normalized spacial score (nSPS) is 15.8. The highest BCUT2D eigenvalue weighted by atomic mass is 16.6. The number of rotatable bonds is 3. The van der Waals surface area contributed by atoms with Crippen LogP contribution in [0.3, 0.4) is 0 Å². The molecule has 19 heavy (non-hydrogen) atoms. The highest BCUT2D eigenvalue weighted by molar-refractivity contribution is 5.74. The lowest BCUT2D eigenvalue weighted by atomic mass is 10.0. The second kappa shape index (κ2) is 6.56. The van der Waals surface area contributed by atoms with Crippen molar-refractivity contribution in [2.75, 3.05) is 13.1 Å². The fourth-order valence-corrected chi connectivity index (χ4v) is 1.76. The summed E-state index contributed by atoms with van der Waals surface area (Å²) in [7, 11) is 0. The smallest absolute Gasteiger partial charge is 0.410 e. The predicted octanol–water partition coefficient (Wildman–Crippen LogP) is 1.84. The number of ether oxygens (including phenoxy) is 1. The van der Waals surface area contributed by atoms with Crippen molar-refractivity contribution in [3.05, 3.63) is 11.6 Å². The number of amides is 2. The zero-order chi connectivity index (χ0) is 14.5. The fourth-order valence-electron chi connectivity index (χ4n) is 1.76. The Balaban J connectivity index is 2.40. The highest BCUT2D eigenvalue weighted by Gasteiger charge is 2.23. The molecule has 0 atom stereocenters. The Kier molecular flexibility index (Phi) is 5.35. The SMILES string of the molecule is CC(C)(C)OC(=O)N1CC=C(CCC(=O)NO)CC1. The van der Waals surface area contributed by atoms with E-state index < -0.39 is 11.5 Å². The highest BCUT2D eigenvalue weighted by Crippen LogP contribution is 2.18. The third-order valence-corrected chi connectivity index (χ3v) is 2.75. The lowest BCUT2D eigenvalue weighted by Crippen LogP contribution is -2.39. The van der Waals surface area contributed by atoms with Gasteiger partial charge in [0.05, 0.1) is 0 Å². The minimum atomic E-state index is -0.486. The molecule has 108 valence electrons. The molecular formula is C13H22N2O4. The molecule has 0 aromatic carbocycles. The van der Waals surface area contributed by atoms with Gasteiger partial charge >= 0.3 is 6.09 Å². The molecule has 1 rings (SSSR count). The lowest BCUT2D eigenvalue weighted by Gasteiger charge is -2.29. The first kappa shape index (κ1) is 15.5. The van der Waals surface area contributed by atoms with Gasteiger partial charge < -0.3 is 9.64 Å². The van der Waals surface area contributed by atoms with Crippen LogP contribution >= 0.6 is 0 Å². The van der Waals surface area contributed by atoms with Crippen LogP contribution in [0.5, 0.6) is 0 Å². The maximum Gasteiger partial charge on any atom is 0.410 e. The van der Waals surface area contributed by atoms with Crippen molar-refractivity contribution in [2.45, 2.75) is 45.6 Å². The van der Waals surface area contributed by atoms with E-state index in [1.807, 2.05) is 26.8 Å². The van der Waals surface area contributed by atoms with Gasteiger partial charge in [-0.2, -0.15) is 0 Å². The van der Waals surface area contributed by atoms with E-state index in [1.165, 1.54) is 0 Å². The molecule has 0 saturated heterocycles. The Morgan fingerprint density at radius 1 is 1.47 bits per heavy atom. The maximum atomic E-state index is 11.8. The van der Waals surface area contributed by atoms with Crippen LogP contribution < -0.4 is 5.48 Å². The summed E-state index contributed by atoms with van der Waals surface area (Å²) in [5.41, 5.74) is 2.25. The molecule has 0 aromatic heterocycles. The molecule has 6 nitrogen and oxygen atoms in total. The van der Waals surface area contributed by atoms with Gasteiger partial charge in [0.2, 0.25) is 5.91 Å². The molecule has 0 aliphatic carbocycles. The first-order chi connectivity index (χ1) is 8.81. The first-order valence-corrected chi connectivity index (χ1v) is 6.40. The molecule has 1 aliphatic heterocycles. The van der Waals surface area contributed by atoms with Crippen LogP contribution in [0.25, 0.3) is 0 Å². The Bertz CT molecular complexity index is 371. The van der Waals surface area contributed by atoms with E-state index in [9.17, 15) is 9.59 Å². The van der Waals surface area contributed by atoms with Gasteiger partial charge in [0.25, 0.3) is 0 Å². The summed E-state index contributed by atoms with van der Waals surface area (Å²) in [5.74, 6) is -0.393. The second-order valence-corrected chi connectivity index (χ2v) is 5.57. The van der Waals surface area contributed by atoms with Crippen molar-refractivity contribution in [3.63, 3.8) is 0 Å². The van der Waals surface area contributed by atoms with Crippen LogP contribution in [0.1, 0.15) is 40.0 Å². The van der Waals surface area contributed by atoms with E-state index in [0.717, 1.165) is 12.0 Å². The molecule has 0 aromatic rings. The molecule has 1 aliphatic rings. The predicted molar refractivity (Wildman–Crippen MR) is 69.7 cm³/mol. The second-order valence-electron chi connectivity index (χ2n) is 5.57. The minimum absolute atomic E-state index is 0.259. The number of hydrogen-bond donors (Lipinski definition) is 2. The number of carbonyl (C=O) groups excluding carboxylic acids is 2. The Labute approximate surface area is 113 Å². The molecule has 1 heterocycles. The van der Waals surface area contributed by atoms with Crippen LogP contribution in [0.2, 0.25) is 0 Å². The van der Waals surface area contributed by atoms with Crippen LogP contribution in [0, 0.1) is 0 Å². The molecule has 2 N–H and O–H groups in total. The van der Waals surface area contributed by atoms with E-state index in [1.54, 1.807) is 10.4 Å². The molecule has 0 saturated carbocycles. The van der Waals surface area contributed by atoms with Crippen molar-refractivity contribution in [1.29, 1.82) is 0 Å². The maximum absolute atomic E-state index is 11.8. The molecule has 6 heteroatoms. The van der Waals surface area contributed by atoms with Crippen LogP contribution in [-0.4, -0.2) is 40.8 Å². The van der Waals surface area contributed by atoms with Crippen LogP contribution in [0.4, 0.5) is 4.79 Å². The zero-order valence-corrected chi connectivity index (χ0v) is 11.7. The summed E-state index contributed by atoms with van der Waals surface area (Å²) >= 11 is 0. The number of carbonyl (C=O) groups is 2. The Morgan fingerprint density at radius 3 is 2.63 bits per heavy atom. The van der Waals surface area contributed by atoms with Gasteiger partial charge in [-0.15, -0.1) is 0 Å². The Morgan fingerprint density at radius 2 is 2.16 bits per heavy atom. The summed E-state index contributed by atoms with van der Waals surface area (Å²) in [5, 5.41) is 8.40. The molecule has 2 amide bonds. The van der Waals surface area contributed by atoms with Gasteiger partial charge in [0, 0.05) is 19.5 Å². The summed E-state index contributed by atoms with van der Waals surface area (Å²) in [6.45, 7) is 6.61. The van der Waals surface area contributed by atoms with Gasteiger partial charge in [-0.25, -0.2) is 10.3 Å². The van der Waals surface area contributed by atoms with Crippen molar-refractivity contribution in [1.82, 2.24) is 10.4 Å². The zero-order valence-electron chi connectivity index (χ0n) is 11.7. The van der Waals surface area contributed by atoms with Crippen molar-refractivity contribution >= 4 is 12.0 Å². The van der Waals surface area contributed by atoms with E-state index in [4.69, 9.17) is 9.94 Å². The van der Waals surface area contributed by atoms with Gasteiger partial charge in [-0.1, -0.05) is 11.6 Å². The molecule has 0 bridgehead atoms. The monoisotopic (exact) mass is 270 g/mol. The minimum Gasteiger partial charge on any atom is -0.444 e. The Hall–Kier alpha value is -1.56. The third-order valence-electron chi connectivity index (χ3n) is 2.75. The number of nitrogens with one attached hydrogen (secondary N) is 1. The van der Waals surface area contributed by atoms with Crippen LogP contribution in [0.15, 0.2) is 11.6 Å².